The van der Waals surface area contributed by atoms with Gasteiger partial charge in [-0.3, -0.25) is 9.59 Å². The first-order valence-corrected chi connectivity index (χ1v) is 13.6. The second kappa shape index (κ2) is 11.4. The molecular weight excluding hydrogens is 487 g/mol. The lowest BCUT2D eigenvalue weighted by Gasteiger charge is -2.43. The van der Waals surface area contributed by atoms with E-state index in [2.05, 4.69) is 0 Å². The zero-order chi connectivity index (χ0) is 25.7. The monoisotopic (exact) mass is 517 g/mol. The minimum Gasteiger partial charge on any atom is -0.756 e. The summed E-state index contributed by atoms with van der Waals surface area (Å²) in [6, 6.07) is 13.9. The van der Waals surface area contributed by atoms with Crippen LogP contribution in [0.5, 0.6) is 0 Å². The molecule has 0 radical (unpaired) electrons. The number of hydroxylamine groups is 2. The molecule has 9 nitrogen and oxygen atoms in total. The van der Waals surface area contributed by atoms with E-state index in [1.54, 1.807) is 41.3 Å². The van der Waals surface area contributed by atoms with Gasteiger partial charge in [0.15, 0.2) is 6.41 Å². The van der Waals surface area contributed by atoms with Crippen LogP contribution in [0.4, 0.5) is 10.1 Å². The van der Waals surface area contributed by atoms with Gasteiger partial charge in [-0.15, -0.1) is 0 Å². The molecule has 2 heterocycles. The van der Waals surface area contributed by atoms with E-state index < -0.39 is 21.8 Å². The van der Waals surface area contributed by atoms with Gasteiger partial charge in [-0.05, 0) is 55.2 Å². The van der Waals surface area contributed by atoms with Crippen molar-refractivity contribution in [3.05, 3.63) is 71.2 Å². The molecule has 0 saturated carbocycles. The van der Waals surface area contributed by atoms with Crippen LogP contribution in [0.15, 0.2) is 54.6 Å². The first-order valence-electron chi connectivity index (χ1n) is 12.0. The summed E-state index contributed by atoms with van der Waals surface area (Å²) < 4.78 is 41.0. The Hall–Kier alpha value is -3.02. The Morgan fingerprint density at radius 1 is 1.00 bits per heavy atom. The Labute approximate surface area is 210 Å². The van der Waals surface area contributed by atoms with Crippen molar-refractivity contribution >= 4 is 28.0 Å². The fraction of sp³-hybridized carbons (Fsp3) is 0.440. The summed E-state index contributed by atoms with van der Waals surface area (Å²) in [7, 11) is -3.81. The number of likely N-dealkylation sites (tertiary alicyclic amines) is 1. The number of carbonyl (C=O) groups excluding carboxylic acids is 2. The number of sulfonamides is 1. The number of benzene rings is 2. The molecule has 2 saturated heterocycles. The first-order chi connectivity index (χ1) is 17.3. The normalized spacial score (nSPS) is 18.6. The molecule has 1 atom stereocenters. The summed E-state index contributed by atoms with van der Waals surface area (Å²) in [5.41, 5.74) is 1.39. The summed E-state index contributed by atoms with van der Waals surface area (Å²) in [6.45, 7) is 2.11. The summed E-state index contributed by atoms with van der Waals surface area (Å²) in [6.07, 6.45) is 1.00. The highest BCUT2D eigenvalue weighted by Crippen LogP contribution is 2.27. The molecule has 0 N–H and O–H groups in total. The number of halogens is 1. The molecule has 0 spiro atoms. The Kier molecular flexibility index (Phi) is 8.22. The molecule has 2 fully saturated rings. The van der Waals surface area contributed by atoms with Crippen LogP contribution in [-0.4, -0.2) is 86.1 Å². The van der Waals surface area contributed by atoms with Gasteiger partial charge in [0.25, 0.3) is 5.91 Å². The van der Waals surface area contributed by atoms with E-state index in [0.29, 0.717) is 44.6 Å². The average Bonchev–Trinajstić information content (AvgIpc) is 2.92. The predicted octanol–water partition coefficient (Wildman–Crippen LogP) is 2.15. The molecule has 2 amide bonds. The Bertz CT molecular complexity index is 1130. The number of carbonyl (C=O) groups is 2. The molecule has 2 aliphatic rings. The Morgan fingerprint density at radius 2 is 1.61 bits per heavy atom. The van der Waals surface area contributed by atoms with Gasteiger partial charge in [-0.2, -0.15) is 4.31 Å². The number of hydrogen-bond donors (Lipinski definition) is 0. The van der Waals surface area contributed by atoms with E-state index in [-0.39, 0.29) is 42.2 Å². The molecule has 36 heavy (non-hydrogen) atoms. The molecule has 1 unspecified atom stereocenters. The highest BCUT2D eigenvalue weighted by atomic mass is 32.2. The molecule has 0 aliphatic carbocycles. The highest BCUT2D eigenvalue weighted by molar-refractivity contribution is 7.89. The molecular formula is C25H30FN4O5S-. The molecule has 0 bridgehead atoms. The Morgan fingerprint density at radius 3 is 2.19 bits per heavy atom. The zero-order valence-electron chi connectivity index (χ0n) is 19.9. The van der Waals surface area contributed by atoms with E-state index in [1.807, 2.05) is 11.0 Å². The van der Waals surface area contributed by atoms with Crippen molar-refractivity contribution in [1.82, 2.24) is 14.3 Å². The second-order valence-corrected chi connectivity index (χ2v) is 11.2. The molecule has 2 aliphatic heterocycles. The molecule has 2 aromatic rings. The van der Waals surface area contributed by atoms with Crippen molar-refractivity contribution in [2.24, 2.45) is 5.92 Å². The van der Waals surface area contributed by atoms with Crippen LogP contribution in [0, 0.1) is 16.9 Å². The quantitative estimate of drug-likeness (QED) is 0.393. The van der Waals surface area contributed by atoms with Gasteiger partial charge in [-0.1, -0.05) is 18.2 Å². The number of rotatable bonds is 8. The second-order valence-electron chi connectivity index (χ2n) is 9.17. The largest absolute Gasteiger partial charge is 0.756 e. The third kappa shape index (κ3) is 6.03. The lowest BCUT2D eigenvalue weighted by Crippen LogP contribution is -2.53. The van der Waals surface area contributed by atoms with E-state index >= 15 is 0 Å². The maximum atomic E-state index is 13.2. The van der Waals surface area contributed by atoms with Crippen LogP contribution in [-0.2, 0) is 14.8 Å². The molecule has 11 heteroatoms. The summed E-state index contributed by atoms with van der Waals surface area (Å²) in [5, 5.41) is 12.6. The summed E-state index contributed by atoms with van der Waals surface area (Å²) in [5.74, 6) is -1.23. The maximum Gasteiger partial charge on any atom is 0.253 e. The zero-order valence-corrected chi connectivity index (χ0v) is 20.7. The van der Waals surface area contributed by atoms with Crippen LogP contribution in [0.2, 0.25) is 0 Å². The number of amides is 2. The van der Waals surface area contributed by atoms with E-state index in [1.165, 1.54) is 16.4 Å². The van der Waals surface area contributed by atoms with Crippen molar-refractivity contribution in [2.75, 3.05) is 49.9 Å². The van der Waals surface area contributed by atoms with Gasteiger partial charge >= 0.3 is 0 Å². The van der Waals surface area contributed by atoms with Crippen LogP contribution < -0.4 is 4.90 Å². The molecule has 2 aromatic carbocycles. The summed E-state index contributed by atoms with van der Waals surface area (Å²) in [4.78, 5) is 27.7. The maximum absolute atomic E-state index is 13.2. The third-order valence-corrected chi connectivity index (χ3v) is 8.94. The van der Waals surface area contributed by atoms with Crippen LogP contribution in [0.25, 0.3) is 0 Å². The van der Waals surface area contributed by atoms with Gasteiger partial charge in [0.05, 0.1) is 5.75 Å². The lowest BCUT2D eigenvalue weighted by atomic mass is 9.90. The topological polar surface area (TPSA) is 104 Å². The lowest BCUT2D eigenvalue weighted by molar-refractivity contribution is -0.118. The van der Waals surface area contributed by atoms with Gasteiger partial charge < -0.3 is 20.1 Å². The molecule has 194 valence electrons. The van der Waals surface area contributed by atoms with Crippen LogP contribution in [0.3, 0.4) is 0 Å². The smallest absolute Gasteiger partial charge is 0.253 e. The van der Waals surface area contributed by atoms with Gasteiger partial charge in [0, 0.05) is 56.6 Å². The fourth-order valence-corrected chi connectivity index (χ4v) is 6.72. The van der Waals surface area contributed by atoms with E-state index in [4.69, 9.17) is 0 Å². The molecule has 4 rings (SSSR count). The standard InChI is InChI=1S/C25H30FN4O5S/c26-22-6-8-23(9-7-22)27-14-16-29(17-15-27)36(34,35)18-24(30(33)19-31)20-10-12-28(13-11-20)25(32)21-4-2-1-3-5-21/h1-9,19-20,24H,10-18H2/q-1. The van der Waals surface area contributed by atoms with Crippen molar-refractivity contribution < 1.29 is 22.4 Å². The SMILES string of the molecule is O=CN([O-])C(CS(=O)(=O)N1CCN(c2ccc(F)cc2)CC1)C1CCN(C(=O)c2ccccc2)CC1. The third-order valence-electron chi connectivity index (χ3n) is 7.03. The van der Waals surface area contributed by atoms with Crippen LogP contribution >= 0.6 is 0 Å². The first kappa shape index (κ1) is 26.1. The van der Waals surface area contributed by atoms with Crippen molar-refractivity contribution in [1.29, 1.82) is 0 Å². The number of nitrogens with zero attached hydrogens (tertiary/aromatic N) is 4. The van der Waals surface area contributed by atoms with Gasteiger partial charge in [-0.25, -0.2) is 12.8 Å². The number of piperidine rings is 1. The number of hydrogen-bond acceptors (Lipinski definition) is 6. The predicted molar refractivity (Wildman–Crippen MR) is 134 cm³/mol. The average molecular weight is 518 g/mol. The minimum absolute atomic E-state index is 0.105. The number of anilines is 1. The van der Waals surface area contributed by atoms with E-state index in [0.717, 1.165) is 5.69 Å². The van der Waals surface area contributed by atoms with Gasteiger partial charge in [0.1, 0.15) is 5.82 Å². The fourth-order valence-electron chi connectivity index (χ4n) is 4.94. The van der Waals surface area contributed by atoms with E-state index in [9.17, 15) is 27.6 Å². The minimum atomic E-state index is -3.81. The van der Waals surface area contributed by atoms with Crippen molar-refractivity contribution in [3.63, 3.8) is 0 Å². The van der Waals surface area contributed by atoms with Crippen molar-refractivity contribution in [3.8, 4) is 0 Å². The van der Waals surface area contributed by atoms with Crippen molar-refractivity contribution in [2.45, 2.75) is 18.9 Å². The highest BCUT2D eigenvalue weighted by Gasteiger charge is 2.35. The van der Waals surface area contributed by atoms with Gasteiger partial charge in [0.2, 0.25) is 10.0 Å². The summed E-state index contributed by atoms with van der Waals surface area (Å²) >= 11 is 0. The molecule has 0 aromatic heterocycles. The number of piperazine rings is 1. The van der Waals surface area contributed by atoms with Crippen LogP contribution in [0.1, 0.15) is 23.2 Å². The Balaban J connectivity index is 1.36.